The number of benzene rings is 3. The molecule has 0 aliphatic carbocycles. The van der Waals surface area contributed by atoms with Crippen LogP contribution < -0.4 is 14.4 Å². The highest BCUT2D eigenvalue weighted by atomic mass is 32.2. The first-order chi connectivity index (χ1) is 13.2. The van der Waals surface area contributed by atoms with Crippen LogP contribution in [-0.4, -0.2) is 18.8 Å². The standard InChI is InChI=1S/C22H19NO3S/c1-25-20-9-5-6-17(14-20)23-21(24)15-27-22(23)16-10-12-19(13-11-16)26-18-7-3-2-4-8-18/h2-14,22H,15H2,1H3. The number of amides is 1. The summed E-state index contributed by atoms with van der Waals surface area (Å²) in [5.41, 5.74) is 1.91. The smallest absolute Gasteiger partial charge is 0.238 e. The normalized spacial score (nSPS) is 16.4. The van der Waals surface area contributed by atoms with Crippen LogP contribution in [0.3, 0.4) is 0 Å². The van der Waals surface area contributed by atoms with E-state index in [4.69, 9.17) is 9.47 Å². The second kappa shape index (κ2) is 7.76. The Balaban J connectivity index is 1.57. The van der Waals surface area contributed by atoms with Gasteiger partial charge >= 0.3 is 0 Å². The number of ether oxygens (including phenoxy) is 2. The van der Waals surface area contributed by atoms with E-state index in [1.807, 2.05) is 83.8 Å². The highest BCUT2D eigenvalue weighted by molar-refractivity contribution is 8.00. The molecule has 0 spiro atoms. The van der Waals surface area contributed by atoms with Crippen molar-refractivity contribution in [2.45, 2.75) is 5.37 Å². The first-order valence-electron chi connectivity index (χ1n) is 8.65. The average molecular weight is 377 g/mol. The zero-order valence-corrected chi connectivity index (χ0v) is 15.7. The van der Waals surface area contributed by atoms with Gasteiger partial charge in [0.25, 0.3) is 0 Å². The number of anilines is 1. The molecule has 0 bridgehead atoms. The van der Waals surface area contributed by atoms with Gasteiger partial charge < -0.3 is 9.47 Å². The molecule has 0 N–H and O–H groups in total. The van der Waals surface area contributed by atoms with Crippen LogP contribution in [0.1, 0.15) is 10.9 Å². The molecular formula is C22H19NO3S. The molecule has 1 saturated heterocycles. The van der Waals surface area contributed by atoms with Gasteiger partial charge in [-0.2, -0.15) is 0 Å². The number of nitrogens with zero attached hydrogens (tertiary/aromatic N) is 1. The van der Waals surface area contributed by atoms with Gasteiger partial charge in [0.1, 0.15) is 22.6 Å². The third-order valence-electron chi connectivity index (χ3n) is 4.34. The summed E-state index contributed by atoms with van der Waals surface area (Å²) in [7, 11) is 1.63. The van der Waals surface area contributed by atoms with Gasteiger partial charge in [0, 0.05) is 11.8 Å². The quantitative estimate of drug-likeness (QED) is 0.607. The number of carbonyl (C=O) groups is 1. The largest absolute Gasteiger partial charge is 0.497 e. The monoisotopic (exact) mass is 377 g/mol. The molecule has 1 amide bonds. The Bertz CT molecular complexity index is 928. The Labute approximate surface area is 162 Å². The minimum atomic E-state index is -0.0598. The molecule has 1 aliphatic rings. The highest BCUT2D eigenvalue weighted by Gasteiger charge is 2.34. The number of para-hydroxylation sites is 1. The van der Waals surface area contributed by atoms with Crippen molar-refractivity contribution in [3.05, 3.63) is 84.4 Å². The minimum Gasteiger partial charge on any atom is -0.497 e. The third kappa shape index (κ3) is 3.78. The molecule has 3 aromatic carbocycles. The summed E-state index contributed by atoms with van der Waals surface area (Å²) in [5.74, 6) is 2.87. The van der Waals surface area contributed by atoms with Crippen LogP contribution in [0.15, 0.2) is 78.9 Å². The van der Waals surface area contributed by atoms with Crippen LogP contribution in [0.25, 0.3) is 0 Å². The fraction of sp³-hybridized carbons (Fsp3) is 0.136. The molecule has 0 radical (unpaired) electrons. The molecule has 0 saturated carbocycles. The summed E-state index contributed by atoms with van der Waals surface area (Å²) in [4.78, 5) is 14.3. The fourth-order valence-electron chi connectivity index (χ4n) is 3.04. The van der Waals surface area contributed by atoms with Crippen LogP contribution in [0, 0.1) is 0 Å². The van der Waals surface area contributed by atoms with Crippen LogP contribution in [-0.2, 0) is 4.79 Å². The van der Waals surface area contributed by atoms with E-state index in [-0.39, 0.29) is 11.3 Å². The lowest BCUT2D eigenvalue weighted by Crippen LogP contribution is -2.27. The first-order valence-corrected chi connectivity index (χ1v) is 9.70. The maximum atomic E-state index is 12.5. The van der Waals surface area contributed by atoms with Gasteiger partial charge in [-0.3, -0.25) is 9.69 Å². The van der Waals surface area contributed by atoms with Crippen molar-refractivity contribution in [2.75, 3.05) is 17.8 Å². The second-order valence-electron chi connectivity index (χ2n) is 6.11. The van der Waals surface area contributed by atoms with Gasteiger partial charge in [-0.05, 0) is 42.0 Å². The van der Waals surface area contributed by atoms with Gasteiger partial charge in [0.2, 0.25) is 5.91 Å². The van der Waals surface area contributed by atoms with Crippen molar-refractivity contribution in [2.24, 2.45) is 0 Å². The maximum Gasteiger partial charge on any atom is 0.238 e. The lowest BCUT2D eigenvalue weighted by Gasteiger charge is -2.24. The van der Waals surface area contributed by atoms with Crippen LogP contribution in [0.4, 0.5) is 5.69 Å². The molecule has 4 nitrogen and oxygen atoms in total. The topological polar surface area (TPSA) is 38.8 Å². The number of carbonyl (C=O) groups excluding carboxylic acids is 1. The van der Waals surface area contributed by atoms with Crippen molar-refractivity contribution >= 4 is 23.4 Å². The van der Waals surface area contributed by atoms with Crippen molar-refractivity contribution in [1.29, 1.82) is 0 Å². The Kier molecular flexibility index (Phi) is 5.03. The molecule has 5 heteroatoms. The van der Waals surface area contributed by atoms with E-state index in [2.05, 4.69) is 0 Å². The van der Waals surface area contributed by atoms with Crippen LogP contribution >= 0.6 is 11.8 Å². The Morgan fingerprint density at radius 1 is 0.889 bits per heavy atom. The number of rotatable bonds is 5. The van der Waals surface area contributed by atoms with Crippen molar-refractivity contribution in [1.82, 2.24) is 0 Å². The summed E-state index contributed by atoms with van der Waals surface area (Å²) in [6.45, 7) is 0. The molecule has 1 unspecified atom stereocenters. The zero-order valence-electron chi connectivity index (χ0n) is 14.9. The van der Waals surface area contributed by atoms with Crippen LogP contribution in [0.2, 0.25) is 0 Å². The lowest BCUT2D eigenvalue weighted by atomic mass is 10.1. The Hall–Kier alpha value is -2.92. The Morgan fingerprint density at radius 3 is 2.33 bits per heavy atom. The minimum absolute atomic E-state index is 0.0598. The van der Waals surface area contributed by atoms with E-state index in [0.717, 1.165) is 28.5 Å². The molecule has 1 heterocycles. The first kappa shape index (κ1) is 17.5. The number of hydrogen-bond acceptors (Lipinski definition) is 4. The predicted octanol–water partition coefficient (Wildman–Crippen LogP) is 5.27. The molecule has 1 fully saturated rings. The summed E-state index contributed by atoms with van der Waals surface area (Å²) in [6, 6.07) is 25.2. The summed E-state index contributed by atoms with van der Waals surface area (Å²) in [6.07, 6.45) is 0. The fourth-order valence-corrected chi connectivity index (χ4v) is 4.21. The Morgan fingerprint density at radius 2 is 1.59 bits per heavy atom. The lowest BCUT2D eigenvalue weighted by molar-refractivity contribution is -0.115. The van der Waals surface area contributed by atoms with E-state index in [0.29, 0.717) is 5.75 Å². The van der Waals surface area contributed by atoms with Gasteiger partial charge in [-0.25, -0.2) is 0 Å². The van der Waals surface area contributed by atoms with Gasteiger partial charge in [0.05, 0.1) is 12.9 Å². The predicted molar refractivity (Wildman–Crippen MR) is 109 cm³/mol. The van der Waals surface area contributed by atoms with Gasteiger partial charge in [-0.15, -0.1) is 11.8 Å². The molecule has 1 aliphatic heterocycles. The average Bonchev–Trinajstić information content (AvgIpc) is 3.11. The number of hydrogen-bond donors (Lipinski definition) is 0. The van der Waals surface area contributed by atoms with E-state index in [1.54, 1.807) is 18.9 Å². The van der Waals surface area contributed by atoms with E-state index < -0.39 is 0 Å². The maximum absolute atomic E-state index is 12.5. The molecule has 1 atom stereocenters. The third-order valence-corrected chi connectivity index (χ3v) is 5.56. The second-order valence-corrected chi connectivity index (χ2v) is 7.18. The van der Waals surface area contributed by atoms with Crippen molar-refractivity contribution < 1.29 is 14.3 Å². The molecule has 3 aromatic rings. The number of methoxy groups -OCH3 is 1. The van der Waals surface area contributed by atoms with Gasteiger partial charge in [0.15, 0.2) is 0 Å². The highest BCUT2D eigenvalue weighted by Crippen LogP contribution is 2.42. The molecule has 27 heavy (non-hydrogen) atoms. The summed E-state index contributed by atoms with van der Waals surface area (Å²) >= 11 is 1.62. The van der Waals surface area contributed by atoms with E-state index >= 15 is 0 Å². The zero-order chi connectivity index (χ0) is 18.6. The molecule has 136 valence electrons. The van der Waals surface area contributed by atoms with E-state index in [1.165, 1.54) is 0 Å². The van der Waals surface area contributed by atoms with Crippen LogP contribution in [0.5, 0.6) is 17.2 Å². The molecule has 0 aromatic heterocycles. The number of thioether (sulfide) groups is 1. The molecular weight excluding hydrogens is 358 g/mol. The molecule has 4 rings (SSSR count). The van der Waals surface area contributed by atoms with Crippen molar-refractivity contribution in [3.8, 4) is 17.2 Å². The SMILES string of the molecule is COc1cccc(N2C(=O)CSC2c2ccc(Oc3ccccc3)cc2)c1. The summed E-state index contributed by atoms with van der Waals surface area (Å²) in [5, 5.41) is -0.0598. The van der Waals surface area contributed by atoms with Gasteiger partial charge in [-0.1, -0.05) is 36.4 Å². The van der Waals surface area contributed by atoms with E-state index in [9.17, 15) is 4.79 Å². The van der Waals surface area contributed by atoms with Crippen molar-refractivity contribution in [3.63, 3.8) is 0 Å². The summed E-state index contributed by atoms with van der Waals surface area (Å²) < 4.78 is 11.2.